The van der Waals surface area contributed by atoms with Crippen molar-refractivity contribution < 1.29 is 13.2 Å². The summed E-state index contributed by atoms with van der Waals surface area (Å²) in [5.41, 5.74) is 0. The third-order valence-corrected chi connectivity index (χ3v) is 4.71. The van der Waals surface area contributed by atoms with Crippen LogP contribution in [0.5, 0.6) is 5.75 Å². The smallest absolute Gasteiger partial charge is 0.183 e. The Kier molecular flexibility index (Phi) is 2.67. The second-order valence-corrected chi connectivity index (χ2v) is 5.73. The van der Waals surface area contributed by atoms with Crippen LogP contribution in [-0.4, -0.2) is 33.9 Å². The van der Waals surface area contributed by atoms with E-state index < -0.39 is 9.84 Å². The summed E-state index contributed by atoms with van der Waals surface area (Å²) in [5.74, 6) is 0.667. The van der Waals surface area contributed by atoms with Crippen LogP contribution in [0.4, 0.5) is 0 Å². The maximum Gasteiger partial charge on any atom is 0.183 e. The Morgan fingerprint density at radius 2 is 1.87 bits per heavy atom. The average molecular weight is 227 g/mol. The maximum atomic E-state index is 11.9. The number of ether oxygens (including phenoxy) is 1. The van der Waals surface area contributed by atoms with Crippen molar-refractivity contribution in [3.05, 3.63) is 24.3 Å². The molecule has 15 heavy (non-hydrogen) atoms. The lowest BCUT2D eigenvalue weighted by atomic mass is 10.3. The SMILES string of the molecule is COc1ccc(S(=O)(=O)C2CNC2)cc1. The predicted octanol–water partition coefficient (Wildman–Crippen LogP) is 0.441. The molecule has 0 spiro atoms. The van der Waals surface area contributed by atoms with Crippen LogP contribution < -0.4 is 10.1 Å². The van der Waals surface area contributed by atoms with Gasteiger partial charge in [0.15, 0.2) is 9.84 Å². The molecule has 0 saturated carbocycles. The van der Waals surface area contributed by atoms with Crippen LogP contribution in [0.15, 0.2) is 29.2 Å². The average Bonchev–Trinajstić information content (AvgIpc) is 2.14. The summed E-state index contributed by atoms with van der Waals surface area (Å²) in [5, 5.41) is 2.68. The van der Waals surface area contributed by atoms with Crippen LogP contribution in [0.25, 0.3) is 0 Å². The minimum Gasteiger partial charge on any atom is -0.497 e. The molecule has 0 aromatic heterocycles. The quantitative estimate of drug-likeness (QED) is 0.814. The Balaban J connectivity index is 2.28. The maximum absolute atomic E-state index is 11.9. The van der Waals surface area contributed by atoms with Gasteiger partial charge in [-0.05, 0) is 24.3 Å². The van der Waals surface area contributed by atoms with Crippen molar-refractivity contribution >= 4 is 9.84 Å². The summed E-state index contributed by atoms with van der Waals surface area (Å²) in [4.78, 5) is 0.370. The molecule has 0 aliphatic carbocycles. The standard InChI is InChI=1S/C10H13NO3S/c1-14-8-2-4-9(5-3-8)15(12,13)10-6-11-7-10/h2-5,10-11H,6-7H2,1H3. The van der Waals surface area contributed by atoms with Crippen molar-refractivity contribution in [3.8, 4) is 5.75 Å². The van der Waals surface area contributed by atoms with Crippen molar-refractivity contribution in [2.45, 2.75) is 10.1 Å². The van der Waals surface area contributed by atoms with Crippen LogP contribution >= 0.6 is 0 Å². The van der Waals surface area contributed by atoms with Gasteiger partial charge in [-0.1, -0.05) is 0 Å². The molecule has 1 aromatic rings. The van der Waals surface area contributed by atoms with Crippen molar-refractivity contribution in [1.29, 1.82) is 0 Å². The minimum atomic E-state index is -3.15. The first kappa shape index (κ1) is 10.4. The van der Waals surface area contributed by atoms with Gasteiger partial charge < -0.3 is 10.1 Å². The van der Waals surface area contributed by atoms with E-state index in [0.717, 1.165) is 0 Å². The molecular formula is C10H13NO3S. The second kappa shape index (κ2) is 3.83. The van der Waals surface area contributed by atoms with Gasteiger partial charge in [-0.15, -0.1) is 0 Å². The van der Waals surface area contributed by atoms with Crippen molar-refractivity contribution in [2.24, 2.45) is 0 Å². The second-order valence-electron chi connectivity index (χ2n) is 3.50. The Morgan fingerprint density at radius 1 is 1.27 bits per heavy atom. The zero-order valence-corrected chi connectivity index (χ0v) is 9.25. The highest BCUT2D eigenvalue weighted by Gasteiger charge is 2.32. The summed E-state index contributed by atoms with van der Waals surface area (Å²) in [6.07, 6.45) is 0. The Morgan fingerprint density at radius 3 is 2.27 bits per heavy atom. The zero-order chi connectivity index (χ0) is 10.9. The number of methoxy groups -OCH3 is 1. The van der Waals surface area contributed by atoms with Gasteiger partial charge in [0.1, 0.15) is 5.75 Å². The van der Waals surface area contributed by atoms with Crippen LogP contribution in [0.1, 0.15) is 0 Å². The zero-order valence-electron chi connectivity index (χ0n) is 8.43. The number of nitrogens with one attached hydrogen (secondary N) is 1. The molecular weight excluding hydrogens is 214 g/mol. The minimum absolute atomic E-state index is 0.272. The van der Waals surface area contributed by atoms with E-state index in [2.05, 4.69) is 5.32 Å². The fourth-order valence-corrected chi connectivity index (χ4v) is 3.01. The van der Waals surface area contributed by atoms with Crippen molar-refractivity contribution in [3.63, 3.8) is 0 Å². The summed E-state index contributed by atoms with van der Waals surface area (Å²) < 4.78 is 28.8. The molecule has 0 radical (unpaired) electrons. The molecule has 4 nitrogen and oxygen atoms in total. The largest absolute Gasteiger partial charge is 0.497 e. The fourth-order valence-electron chi connectivity index (χ4n) is 1.44. The lowest BCUT2D eigenvalue weighted by Crippen LogP contribution is -2.51. The van der Waals surface area contributed by atoms with E-state index in [4.69, 9.17) is 4.74 Å². The van der Waals surface area contributed by atoms with E-state index in [-0.39, 0.29) is 5.25 Å². The highest BCUT2D eigenvalue weighted by atomic mass is 32.2. The van der Waals surface area contributed by atoms with E-state index >= 15 is 0 Å². The molecule has 0 unspecified atom stereocenters. The summed E-state index contributed by atoms with van der Waals surface area (Å²) >= 11 is 0. The Bertz CT molecular complexity index is 434. The third-order valence-electron chi connectivity index (χ3n) is 2.57. The lowest BCUT2D eigenvalue weighted by Gasteiger charge is -2.26. The van der Waals surface area contributed by atoms with Crippen LogP contribution in [0.2, 0.25) is 0 Å². The summed E-state index contributed by atoms with van der Waals surface area (Å²) in [6.45, 7) is 1.10. The van der Waals surface area contributed by atoms with Gasteiger partial charge in [-0.25, -0.2) is 8.42 Å². The Labute approximate surface area is 89.2 Å². The molecule has 0 bridgehead atoms. The molecule has 5 heteroatoms. The number of rotatable bonds is 3. The molecule has 82 valence electrons. The molecule has 2 rings (SSSR count). The molecule has 1 saturated heterocycles. The molecule has 1 aromatic carbocycles. The van der Waals surface area contributed by atoms with Gasteiger partial charge in [0.2, 0.25) is 0 Å². The topological polar surface area (TPSA) is 55.4 Å². The van der Waals surface area contributed by atoms with E-state index in [1.807, 2.05) is 0 Å². The molecule has 0 atom stereocenters. The molecule has 1 N–H and O–H groups in total. The van der Waals surface area contributed by atoms with Crippen molar-refractivity contribution in [1.82, 2.24) is 5.32 Å². The summed E-state index contributed by atoms with van der Waals surface area (Å²) in [6, 6.07) is 6.51. The molecule has 1 aliphatic heterocycles. The number of hydrogen-bond acceptors (Lipinski definition) is 4. The van der Waals surface area contributed by atoms with Gasteiger partial charge in [-0.2, -0.15) is 0 Å². The normalized spacial score (nSPS) is 17.1. The molecule has 1 aliphatic rings. The van der Waals surface area contributed by atoms with Gasteiger partial charge in [0, 0.05) is 13.1 Å². The lowest BCUT2D eigenvalue weighted by molar-refractivity contribution is 0.414. The number of sulfone groups is 1. The van der Waals surface area contributed by atoms with E-state index in [1.165, 1.54) is 0 Å². The first-order valence-electron chi connectivity index (χ1n) is 4.73. The third kappa shape index (κ3) is 1.85. The highest BCUT2D eigenvalue weighted by Crippen LogP contribution is 2.21. The first-order chi connectivity index (χ1) is 7.14. The summed E-state index contributed by atoms with van der Waals surface area (Å²) in [7, 11) is -1.59. The van der Waals surface area contributed by atoms with Gasteiger partial charge in [-0.3, -0.25) is 0 Å². The van der Waals surface area contributed by atoms with Crippen LogP contribution in [-0.2, 0) is 9.84 Å². The molecule has 1 fully saturated rings. The highest BCUT2D eigenvalue weighted by molar-refractivity contribution is 7.92. The Hall–Kier alpha value is -1.07. The van der Waals surface area contributed by atoms with Crippen LogP contribution in [0, 0.1) is 0 Å². The monoisotopic (exact) mass is 227 g/mol. The fraction of sp³-hybridized carbons (Fsp3) is 0.400. The predicted molar refractivity (Wildman–Crippen MR) is 56.8 cm³/mol. The van der Waals surface area contributed by atoms with Gasteiger partial charge in [0.05, 0.1) is 17.3 Å². The van der Waals surface area contributed by atoms with Crippen molar-refractivity contribution in [2.75, 3.05) is 20.2 Å². The van der Waals surface area contributed by atoms with Gasteiger partial charge in [0.25, 0.3) is 0 Å². The van der Waals surface area contributed by atoms with E-state index in [9.17, 15) is 8.42 Å². The van der Waals surface area contributed by atoms with E-state index in [0.29, 0.717) is 23.7 Å². The first-order valence-corrected chi connectivity index (χ1v) is 6.28. The number of benzene rings is 1. The molecule has 0 amide bonds. The van der Waals surface area contributed by atoms with Crippen LogP contribution in [0.3, 0.4) is 0 Å². The van der Waals surface area contributed by atoms with E-state index in [1.54, 1.807) is 31.4 Å². The molecule has 1 heterocycles. The number of hydrogen-bond donors (Lipinski definition) is 1. The van der Waals surface area contributed by atoms with Gasteiger partial charge >= 0.3 is 0 Å².